The molecule has 1 aromatic heterocycles. The van der Waals surface area contributed by atoms with Crippen molar-refractivity contribution in [3.05, 3.63) is 16.1 Å². The highest BCUT2D eigenvalue weighted by Crippen LogP contribution is 2.27. The van der Waals surface area contributed by atoms with Crippen molar-refractivity contribution in [2.24, 2.45) is 11.8 Å². The van der Waals surface area contributed by atoms with Gasteiger partial charge in [-0.3, -0.25) is 0 Å². The first-order valence-corrected chi connectivity index (χ1v) is 7.23. The minimum Gasteiger partial charge on any atom is -0.310 e. The molecule has 0 saturated heterocycles. The van der Waals surface area contributed by atoms with E-state index in [1.54, 1.807) is 11.3 Å². The number of nitrogens with one attached hydrogen (secondary N) is 1. The predicted octanol–water partition coefficient (Wildman–Crippen LogP) is 3.37. The third-order valence-corrected chi connectivity index (χ3v) is 4.48. The Morgan fingerprint density at radius 1 is 1.38 bits per heavy atom. The standard InChI is InChI=1S/C13H22N2S/c1-10-3-5-12(6-4-10)7-14-8-13-15-11(2)9-16-13/h9-10,12,14H,3-8H2,1-2H3. The highest BCUT2D eigenvalue weighted by molar-refractivity contribution is 7.09. The molecule has 90 valence electrons. The quantitative estimate of drug-likeness (QED) is 0.870. The molecule has 0 bridgehead atoms. The molecular weight excluding hydrogens is 216 g/mol. The molecule has 0 aliphatic heterocycles. The summed E-state index contributed by atoms with van der Waals surface area (Å²) in [5.41, 5.74) is 1.15. The smallest absolute Gasteiger partial charge is 0.107 e. The van der Waals surface area contributed by atoms with Crippen LogP contribution in [0.3, 0.4) is 0 Å². The van der Waals surface area contributed by atoms with Crippen LogP contribution in [0.15, 0.2) is 5.38 Å². The fraction of sp³-hybridized carbons (Fsp3) is 0.769. The lowest BCUT2D eigenvalue weighted by molar-refractivity contribution is 0.281. The second-order valence-corrected chi connectivity index (χ2v) is 6.08. The summed E-state index contributed by atoms with van der Waals surface area (Å²) in [6.07, 6.45) is 5.65. The van der Waals surface area contributed by atoms with E-state index in [0.717, 1.165) is 24.1 Å². The average Bonchev–Trinajstić information content (AvgIpc) is 2.67. The molecule has 1 saturated carbocycles. The molecule has 0 aromatic carbocycles. The lowest BCUT2D eigenvalue weighted by Crippen LogP contribution is -2.25. The van der Waals surface area contributed by atoms with E-state index in [-0.39, 0.29) is 0 Å². The molecule has 3 heteroatoms. The van der Waals surface area contributed by atoms with Gasteiger partial charge in [-0.1, -0.05) is 19.8 Å². The van der Waals surface area contributed by atoms with Crippen LogP contribution in [0.2, 0.25) is 0 Å². The lowest BCUT2D eigenvalue weighted by atomic mass is 9.83. The van der Waals surface area contributed by atoms with Crippen LogP contribution in [0.1, 0.15) is 43.3 Å². The zero-order valence-electron chi connectivity index (χ0n) is 10.3. The third-order valence-electron chi connectivity index (χ3n) is 3.51. The van der Waals surface area contributed by atoms with E-state index in [9.17, 15) is 0 Å². The zero-order chi connectivity index (χ0) is 11.4. The molecule has 1 aromatic rings. The number of aromatic nitrogens is 1. The highest BCUT2D eigenvalue weighted by atomic mass is 32.1. The number of thiazole rings is 1. The summed E-state index contributed by atoms with van der Waals surface area (Å²) >= 11 is 1.76. The average molecular weight is 238 g/mol. The van der Waals surface area contributed by atoms with Crippen molar-refractivity contribution in [1.82, 2.24) is 10.3 Å². The van der Waals surface area contributed by atoms with Crippen LogP contribution < -0.4 is 5.32 Å². The first-order valence-electron chi connectivity index (χ1n) is 6.35. The van der Waals surface area contributed by atoms with Gasteiger partial charge in [0.15, 0.2) is 0 Å². The van der Waals surface area contributed by atoms with E-state index in [2.05, 4.69) is 29.5 Å². The maximum Gasteiger partial charge on any atom is 0.107 e. The Bertz CT molecular complexity index is 313. The van der Waals surface area contributed by atoms with Gasteiger partial charge >= 0.3 is 0 Å². The minimum absolute atomic E-state index is 0.900. The summed E-state index contributed by atoms with van der Waals surface area (Å²) in [5, 5.41) is 6.90. The SMILES string of the molecule is Cc1csc(CNCC2CCC(C)CC2)n1. The molecule has 1 N–H and O–H groups in total. The monoisotopic (exact) mass is 238 g/mol. The Hall–Kier alpha value is -0.410. The van der Waals surface area contributed by atoms with E-state index in [1.807, 2.05) is 0 Å². The molecule has 1 aliphatic rings. The normalized spacial score (nSPS) is 25.9. The first kappa shape index (κ1) is 12.1. The van der Waals surface area contributed by atoms with Crippen molar-refractivity contribution in [2.75, 3.05) is 6.54 Å². The molecule has 16 heavy (non-hydrogen) atoms. The van der Waals surface area contributed by atoms with Crippen molar-refractivity contribution in [2.45, 2.75) is 46.1 Å². The molecule has 2 nitrogen and oxygen atoms in total. The van der Waals surface area contributed by atoms with Crippen molar-refractivity contribution in [3.8, 4) is 0 Å². The Morgan fingerprint density at radius 2 is 2.12 bits per heavy atom. The van der Waals surface area contributed by atoms with Crippen LogP contribution in [0, 0.1) is 18.8 Å². The summed E-state index contributed by atoms with van der Waals surface area (Å²) in [7, 11) is 0. The lowest BCUT2D eigenvalue weighted by Gasteiger charge is -2.26. The van der Waals surface area contributed by atoms with E-state index < -0.39 is 0 Å². The Morgan fingerprint density at radius 3 is 2.75 bits per heavy atom. The fourth-order valence-electron chi connectivity index (χ4n) is 2.40. The molecule has 0 atom stereocenters. The summed E-state index contributed by atoms with van der Waals surface area (Å²) in [4.78, 5) is 4.46. The van der Waals surface area contributed by atoms with Crippen molar-refractivity contribution >= 4 is 11.3 Å². The summed E-state index contributed by atoms with van der Waals surface area (Å²) in [6.45, 7) is 6.56. The second-order valence-electron chi connectivity index (χ2n) is 5.14. The maximum absolute atomic E-state index is 4.46. The molecule has 0 unspecified atom stereocenters. The van der Waals surface area contributed by atoms with E-state index >= 15 is 0 Å². The molecule has 1 aliphatic carbocycles. The van der Waals surface area contributed by atoms with Crippen LogP contribution in [0.25, 0.3) is 0 Å². The summed E-state index contributed by atoms with van der Waals surface area (Å²) in [6, 6.07) is 0. The van der Waals surface area contributed by atoms with Gasteiger partial charge in [0.1, 0.15) is 5.01 Å². The van der Waals surface area contributed by atoms with Crippen LogP contribution in [0.5, 0.6) is 0 Å². The van der Waals surface area contributed by atoms with Crippen molar-refractivity contribution in [3.63, 3.8) is 0 Å². The summed E-state index contributed by atoms with van der Waals surface area (Å²) < 4.78 is 0. The van der Waals surface area contributed by atoms with E-state index in [4.69, 9.17) is 0 Å². The van der Waals surface area contributed by atoms with E-state index in [1.165, 1.54) is 37.2 Å². The van der Waals surface area contributed by atoms with E-state index in [0.29, 0.717) is 0 Å². The highest BCUT2D eigenvalue weighted by Gasteiger charge is 2.17. The number of nitrogens with zero attached hydrogens (tertiary/aromatic N) is 1. The number of hydrogen-bond donors (Lipinski definition) is 1. The van der Waals surface area contributed by atoms with Crippen LogP contribution in [0.4, 0.5) is 0 Å². The summed E-state index contributed by atoms with van der Waals surface area (Å²) in [5.74, 6) is 1.86. The van der Waals surface area contributed by atoms with Crippen LogP contribution >= 0.6 is 11.3 Å². The Kier molecular flexibility index (Phi) is 4.36. The van der Waals surface area contributed by atoms with Gasteiger partial charge in [-0.15, -0.1) is 11.3 Å². The first-order chi connectivity index (χ1) is 7.74. The molecule has 0 amide bonds. The second kappa shape index (κ2) is 5.78. The van der Waals surface area contributed by atoms with Crippen molar-refractivity contribution < 1.29 is 0 Å². The minimum atomic E-state index is 0.900. The van der Waals surface area contributed by atoms with Gasteiger partial charge in [0, 0.05) is 17.6 Å². The van der Waals surface area contributed by atoms with Gasteiger partial charge in [-0.2, -0.15) is 0 Å². The largest absolute Gasteiger partial charge is 0.310 e. The zero-order valence-corrected chi connectivity index (χ0v) is 11.1. The van der Waals surface area contributed by atoms with Crippen molar-refractivity contribution in [1.29, 1.82) is 0 Å². The number of hydrogen-bond acceptors (Lipinski definition) is 3. The van der Waals surface area contributed by atoms with Gasteiger partial charge in [-0.05, 0) is 38.1 Å². The molecular formula is C13H22N2S. The van der Waals surface area contributed by atoms with Gasteiger partial charge in [0.2, 0.25) is 0 Å². The molecule has 1 heterocycles. The molecule has 1 fully saturated rings. The Labute approximate surface area is 102 Å². The van der Waals surface area contributed by atoms with Gasteiger partial charge in [0.05, 0.1) is 0 Å². The van der Waals surface area contributed by atoms with Gasteiger partial charge in [-0.25, -0.2) is 4.98 Å². The third kappa shape index (κ3) is 3.56. The maximum atomic E-state index is 4.46. The molecule has 0 radical (unpaired) electrons. The topological polar surface area (TPSA) is 24.9 Å². The molecule has 0 spiro atoms. The Balaban J connectivity index is 1.64. The van der Waals surface area contributed by atoms with Gasteiger partial charge < -0.3 is 5.32 Å². The number of rotatable bonds is 4. The number of aryl methyl sites for hydroxylation is 1. The van der Waals surface area contributed by atoms with Crippen LogP contribution in [-0.2, 0) is 6.54 Å². The van der Waals surface area contributed by atoms with Gasteiger partial charge in [0.25, 0.3) is 0 Å². The predicted molar refractivity (Wildman–Crippen MR) is 69.7 cm³/mol. The fourth-order valence-corrected chi connectivity index (χ4v) is 3.14. The van der Waals surface area contributed by atoms with Crippen LogP contribution in [-0.4, -0.2) is 11.5 Å². The molecule has 2 rings (SSSR count).